The molecule has 3 aromatic carbocycles. The van der Waals surface area contributed by atoms with Gasteiger partial charge in [-0.25, -0.2) is 4.98 Å². The third kappa shape index (κ3) is 5.64. The van der Waals surface area contributed by atoms with Crippen LogP contribution in [-0.2, 0) is 6.54 Å². The molecule has 0 bridgehead atoms. The SMILES string of the molecule is CCOc1cccc(-c2cc(C(=O)N3CCN(Cc4cccc(Br)c4)CC3)c3cc(Br)ccc3n2)c1. The summed E-state index contributed by atoms with van der Waals surface area (Å²) in [7, 11) is 0. The lowest BCUT2D eigenvalue weighted by Crippen LogP contribution is -2.48. The van der Waals surface area contributed by atoms with Crippen molar-refractivity contribution in [3.05, 3.63) is 92.9 Å². The first kappa shape index (κ1) is 24.9. The minimum Gasteiger partial charge on any atom is -0.494 e. The van der Waals surface area contributed by atoms with Crippen molar-refractivity contribution in [1.82, 2.24) is 14.8 Å². The average Bonchev–Trinajstić information content (AvgIpc) is 2.88. The zero-order valence-corrected chi connectivity index (χ0v) is 23.3. The lowest BCUT2D eigenvalue weighted by atomic mass is 10.0. The second-order valence-electron chi connectivity index (χ2n) is 8.88. The van der Waals surface area contributed by atoms with Crippen LogP contribution in [0.2, 0.25) is 0 Å². The number of pyridine rings is 1. The molecule has 0 aliphatic carbocycles. The predicted molar refractivity (Wildman–Crippen MR) is 151 cm³/mol. The number of hydrogen-bond donors (Lipinski definition) is 0. The number of benzene rings is 3. The average molecular weight is 609 g/mol. The van der Waals surface area contributed by atoms with Crippen LogP contribution < -0.4 is 4.74 Å². The van der Waals surface area contributed by atoms with Gasteiger partial charge in [0.15, 0.2) is 0 Å². The first-order valence-corrected chi connectivity index (χ1v) is 13.7. The van der Waals surface area contributed by atoms with E-state index in [0.717, 1.165) is 56.5 Å². The second kappa shape index (κ2) is 11.1. The van der Waals surface area contributed by atoms with Crippen LogP contribution in [0.1, 0.15) is 22.8 Å². The highest BCUT2D eigenvalue weighted by Gasteiger charge is 2.24. The molecule has 0 radical (unpaired) electrons. The second-order valence-corrected chi connectivity index (χ2v) is 10.7. The van der Waals surface area contributed by atoms with Gasteiger partial charge in [0.25, 0.3) is 5.91 Å². The van der Waals surface area contributed by atoms with E-state index in [1.54, 1.807) is 0 Å². The molecule has 0 saturated carbocycles. The highest BCUT2D eigenvalue weighted by molar-refractivity contribution is 9.10. The predicted octanol–water partition coefficient (Wildman–Crippen LogP) is 6.78. The largest absolute Gasteiger partial charge is 0.494 e. The van der Waals surface area contributed by atoms with E-state index in [0.29, 0.717) is 25.3 Å². The Bertz CT molecular complexity index is 1400. The molecule has 1 aliphatic heterocycles. The van der Waals surface area contributed by atoms with E-state index in [-0.39, 0.29) is 5.91 Å². The quantitative estimate of drug-likeness (QED) is 0.242. The summed E-state index contributed by atoms with van der Waals surface area (Å²) < 4.78 is 7.70. The van der Waals surface area contributed by atoms with E-state index in [1.807, 2.05) is 66.4 Å². The lowest BCUT2D eigenvalue weighted by Gasteiger charge is -2.35. The number of rotatable bonds is 6. The molecule has 1 aliphatic rings. The molecule has 7 heteroatoms. The Morgan fingerprint density at radius 2 is 1.69 bits per heavy atom. The molecule has 1 aromatic heterocycles. The van der Waals surface area contributed by atoms with Crippen LogP contribution in [0, 0.1) is 0 Å². The molecule has 0 spiro atoms. The van der Waals surface area contributed by atoms with Gasteiger partial charge in [0, 0.05) is 52.6 Å². The highest BCUT2D eigenvalue weighted by atomic mass is 79.9. The minimum atomic E-state index is 0.0461. The summed E-state index contributed by atoms with van der Waals surface area (Å²) in [5.74, 6) is 0.840. The molecule has 5 rings (SSSR count). The number of aromatic nitrogens is 1. The Kier molecular flexibility index (Phi) is 7.70. The molecular weight excluding hydrogens is 582 g/mol. The van der Waals surface area contributed by atoms with Crippen molar-refractivity contribution in [2.24, 2.45) is 0 Å². The first-order chi connectivity index (χ1) is 17.5. The van der Waals surface area contributed by atoms with Crippen LogP contribution in [0.25, 0.3) is 22.2 Å². The number of nitrogens with zero attached hydrogens (tertiary/aromatic N) is 3. The summed E-state index contributed by atoms with van der Waals surface area (Å²) >= 11 is 7.12. The van der Waals surface area contributed by atoms with E-state index in [2.05, 4.69) is 55.0 Å². The summed E-state index contributed by atoms with van der Waals surface area (Å²) in [6.45, 7) is 6.52. The molecule has 0 N–H and O–H groups in total. The van der Waals surface area contributed by atoms with Crippen LogP contribution >= 0.6 is 31.9 Å². The van der Waals surface area contributed by atoms with E-state index in [4.69, 9.17) is 9.72 Å². The number of piperazine rings is 1. The fourth-order valence-corrected chi connectivity index (χ4v) is 5.42. The number of hydrogen-bond acceptors (Lipinski definition) is 4. The van der Waals surface area contributed by atoms with Crippen molar-refractivity contribution < 1.29 is 9.53 Å². The van der Waals surface area contributed by atoms with Crippen molar-refractivity contribution in [2.75, 3.05) is 32.8 Å². The van der Waals surface area contributed by atoms with Crippen LogP contribution in [0.3, 0.4) is 0 Å². The molecule has 36 heavy (non-hydrogen) atoms. The molecule has 184 valence electrons. The van der Waals surface area contributed by atoms with Crippen molar-refractivity contribution >= 4 is 48.7 Å². The Morgan fingerprint density at radius 3 is 2.47 bits per heavy atom. The molecule has 0 unspecified atom stereocenters. The van der Waals surface area contributed by atoms with Gasteiger partial charge in [-0.2, -0.15) is 0 Å². The normalized spacial score (nSPS) is 14.2. The standard InChI is InChI=1S/C29H27Br2N3O2/c1-2-36-24-8-4-6-21(16-24)28-18-26(25-17-23(31)9-10-27(25)32-28)29(35)34-13-11-33(12-14-34)19-20-5-3-7-22(30)15-20/h3-10,15-18H,2,11-14,19H2,1H3. The topological polar surface area (TPSA) is 45.7 Å². The van der Waals surface area contributed by atoms with Crippen LogP contribution in [0.4, 0.5) is 0 Å². The zero-order valence-electron chi connectivity index (χ0n) is 20.1. The van der Waals surface area contributed by atoms with Gasteiger partial charge >= 0.3 is 0 Å². The Balaban J connectivity index is 1.41. The smallest absolute Gasteiger partial charge is 0.254 e. The molecule has 4 aromatic rings. The summed E-state index contributed by atoms with van der Waals surface area (Å²) in [6.07, 6.45) is 0. The van der Waals surface area contributed by atoms with Crippen LogP contribution in [-0.4, -0.2) is 53.5 Å². The molecule has 1 amide bonds. The lowest BCUT2D eigenvalue weighted by molar-refractivity contribution is 0.0630. The first-order valence-electron chi connectivity index (χ1n) is 12.1. The highest BCUT2D eigenvalue weighted by Crippen LogP contribution is 2.30. The molecule has 1 fully saturated rings. The fourth-order valence-electron chi connectivity index (χ4n) is 4.61. The number of carbonyl (C=O) groups excluding carboxylic acids is 1. The molecule has 5 nitrogen and oxygen atoms in total. The van der Waals surface area contributed by atoms with Gasteiger partial charge in [0.1, 0.15) is 5.75 Å². The maximum atomic E-state index is 13.8. The van der Waals surface area contributed by atoms with Crippen LogP contribution in [0.5, 0.6) is 5.75 Å². The summed E-state index contributed by atoms with van der Waals surface area (Å²) in [5.41, 5.74) is 4.45. The fraction of sp³-hybridized carbons (Fsp3) is 0.241. The van der Waals surface area contributed by atoms with Crippen LogP contribution in [0.15, 0.2) is 81.7 Å². The number of fused-ring (bicyclic) bond motifs is 1. The monoisotopic (exact) mass is 607 g/mol. The van der Waals surface area contributed by atoms with Gasteiger partial charge in [-0.1, -0.05) is 56.1 Å². The van der Waals surface area contributed by atoms with Crippen molar-refractivity contribution in [2.45, 2.75) is 13.5 Å². The van der Waals surface area contributed by atoms with Gasteiger partial charge in [-0.3, -0.25) is 9.69 Å². The Hall–Kier alpha value is -2.74. The van der Waals surface area contributed by atoms with Crippen molar-refractivity contribution in [1.29, 1.82) is 0 Å². The molecule has 2 heterocycles. The van der Waals surface area contributed by atoms with Crippen molar-refractivity contribution in [3.63, 3.8) is 0 Å². The van der Waals surface area contributed by atoms with E-state index < -0.39 is 0 Å². The molecule has 0 atom stereocenters. The number of ether oxygens (including phenoxy) is 1. The van der Waals surface area contributed by atoms with E-state index in [9.17, 15) is 4.79 Å². The number of halogens is 2. The van der Waals surface area contributed by atoms with Gasteiger partial charge in [-0.15, -0.1) is 0 Å². The minimum absolute atomic E-state index is 0.0461. The molecule has 1 saturated heterocycles. The van der Waals surface area contributed by atoms with Gasteiger partial charge < -0.3 is 9.64 Å². The molecular formula is C29H27Br2N3O2. The summed E-state index contributed by atoms with van der Waals surface area (Å²) in [4.78, 5) is 23.1. The number of amides is 1. The third-order valence-electron chi connectivity index (χ3n) is 6.40. The van der Waals surface area contributed by atoms with Gasteiger partial charge in [-0.05, 0) is 61.0 Å². The summed E-state index contributed by atoms with van der Waals surface area (Å²) in [6, 6.07) is 24.1. The zero-order chi connectivity index (χ0) is 25.1. The van der Waals surface area contributed by atoms with E-state index >= 15 is 0 Å². The Morgan fingerprint density at radius 1 is 0.917 bits per heavy atom. The maximum absolute atomic E-state index is 13.8. The van der Waals surface area contributed by atoms with Gasteiger partial charge in [0.2, 0.25) is 0 Å². The van der Waals surface area contributed by atoms with Gasteiger partial charge in [0.05, 0.1) is 23.4 Å². The third-order valence-corrected chi connectivity index (χ3v) is 7.38. The maximum Gasteiger partial charge on any atom is 0.254 e. The summed E-state index contributed by atoms with van der Waals surface area (Å²) in [5, 5.41) is 0.857. The van der Waals surface area contributed by atoms with Crippen molar-refractivity contribution in [3.8, 4) is 17.0 Å². The number of carbonyl (C=O) groups is 1. The van der Waals surface area contributed by atoms with E-state index in [1.165, 1.54) is 5.56 Å². The Labute approximate surface area is 228 Å².